The van der Waals surface area contributed by atoms with Crippen LogP contribution in [-0.2, 0) is 9.53 Å². The lowest BCUT2D eigenvalue weighted by Gasteiger charge is -2.17. The van der Waals surface area contributed by atoms with Crippen LogP contribution in [0.15, 0.2) is 28.7 Å². The average Bonchev–Trinajstić information content (AvgIpc) is 2.73. The monoisotopic (exact) mass is 311 g/mol. The van der Waals surface area contributed by atoms with Crippen LogP contribution in [0, 0.1) is 5.92 Å². The Hall–Kier alpha value is -0.870. The molecule has 0 amide bonds. The topological polar surface area (TPSA) is 29.5 Å². The summed E-state index contributed by atoms with van der Waals surface area (Å²) in [7, 11) is 2.05. The Bertz CT molecular complexity index is 418. The van der Waals surface area contributed by atoms with Gasteiger partial charge in [0.25, 0.3) is 0 Å². The molecule has 2 atom stereocenters. The van der Waals surface area contributed by atoms with Gasteiger partial charge in [-0.1, -0.05) is 28.1 Å². The molecular weight excluding hydrogens is 294 g/mol. The molecule has 1 saturated heterocycles. The van der Waals surface area contributed by atoms with E-state index in [0.717, 1.165) is 17.6 Å². The van der Waals surface area contributed by atoms with E-state index in [4.69, 9.17) is 4.74 Å². The number of carbonyl (C=O) groups excluding carboxylic acids is 1. The van der Waals surface area contributed by atoms with Crippen molar-refractivity contribution in [1.82, 2.24) is 4.90 Å². The Morgan fingerprint density at radius 3 is 2.67 bits per heavy atom. The third-order valence-corrected chi connectivity index (χ3v) is 3.92. The Morgan fingerprint density at radius 2 is 2.06 bits per heavy atom. The van der Waals surface area contributed by atoms with E-state index in [-0.39, 0.29) is 17.8 Å². The summed E-state index contributed by atoms with van der Waals surface area (Å²) in [5.41, 5.74) is 1.21. The lowest BCUT2D eigenvalue weighted by atomic mass is 9.89. The van der Waals surface area contributed by atoms with E-state index in [0.29, 0.717) is 6.61 Å². The molecule has 0 N–H and O–H groups in total. The Balaban J connectivity index is 2.19. The number of nitrogens with zero attached hydrogens (tertiary/aromatic N) is 1. The van der Waals surface area contributed by atoms with E-state index in [2.05, 4.69) is 33.0 Å². The van der Waals surface area contributed by atoms with Gasteiger partial charge in [-0.2, -0.15) is 0 Å². The Morgan fingerprint density at radius 1 is 1.39 bits per heavy atom. The van der Waals surface area contributed by atoms with Gasteiger partial charge in [0.2, 0.25) is 0 Å². The van der Waals surface area contributed by atoms with Crippen LogP contribution in [0.25, 0.3) is 0 Å². The van der Waals surface area contributed by atoms with Crippen molar-refractivity contribution in [2.75, 3.05) is 26.7 Å². The fraction of sp³-hybridized carbons (Fsp3) is 0.500. The van der Waals surface area contributed by atoms with Crippen molar-refractivity contribution in [3.63, 3.8) is 0 Å². The molecular formula is C14H18BrNO2. The highest BCUT2D eigenvalue weighted by atomic mass is 79.9. The van der Waals surface area contributed by atoms with Gasteiger partial charge >= 0.3 is 5.97 Å². The number of likely N-dealkylation sites (N-methyl/N-ethyl adjacent to an activating group) is 1. The van der Waals surface area contributed by atoms with Crippen molar-refractivity contribution < 1.29 is 9.53 Å². The first kappa shape index (κ1) is 13.6. The van der Waals surface area contributed by atoms with Crippen molar-refractivity contribution in [3.05, 3.63) is 34.3 Å². The minimum atomic E-state index is -0.0743. The van der Waals surface area contributed by atoms with E-state index in [1.807, 2.05) is 26.1 Å². The average molecular weight is 312 g/mol. The number of ether oxygens (including phenoxy) is 1. The summed E-state index contributed by atoms with van der Waals surface area (Å²) in [6, 6.07) is 8.21. The minimum Gasteiger partial charge on any atom is -0.466 e. The van der Waals surface area contributed by atoms with Gasteiger partial charge in [0.1, 0.15) is 0 Å². The van der Waals surface area contributed by atoms with Gasteiger partial charge in [-0.05, 0) is 31.7 Å². The third kappa shape index (κ3) is 2.93. The molecule has 4 heteroatoms. The molecule has 0 unspecified atom stereocenters. The molecule has 0 aliphatic carbocycles. The van der Waals surface area contributed by atoms with Crippen molar-refractivity contribution >= 4 is 21.9 Å². The number of hydrogen-bond acceptors (Lipinski definition) is 3. The first-order chi connectivity index (χ1) is 8.61. The molecule has 98 valence electrons. The molecule has 1 aliphatic rings. The molecule has 1 heterocycles. The molecule has 1 aliphatic heterocycles. The second kappa shape index (κ2) is 5.85. The first-order valence-corrected chi connectivity index (χ1v) is 7.01. The second-order valence-corrected chi connectivity index (χ2v) is 5.65. The lowest BCUT2D eigenvalue weighted by Crippen LogP contribution is -2.24. The summed E-state index contributed by atoms with van der Waals surface area (Å²) in [4.78, 5) is 14.2. The molecule has 0 aromatic heterocycles. The predicted octanol–water partition coefficient (Wildman–Crippen LogP) is 2.66. The number of hydrogen-bond donors (Lipinski definition) is 0. The van der Waals surface area contributed by atoms with Gasteiger partial charge in [0.05, 0.1) is 12.5 Å². The zero-order valence-electron chi connectivity index (χ0n) is 10.7. The maximum atomic E-state index is 12.0. The van der Waals surface area contributed by atoms with Crippen molar-refractivity contribution in [3.8, 4) is 0 Å². The molecule has 18 heavy (non-hydrogen) atoms. The molecule has 1 aromatic rings. The zero-order valence-corrected chi connectivity index (χ0v) is 12.3. The molecule has 0 saturated carbocycles. The van der Waals surface area contributed by atoms with Crippen LogP contribution in [0.2, 0.25) is 0 Å². The predicted molar refractivity (Wildman–Crippen MR) is 74.5 cm³/mol. The van der Waals surface area contributed by atoms with Gasteiger partial charge in [0.15, 0.2) is 0 Å². The molecule has 1 aromatic carbocycles. The van der Waals surface area contributed by atoms with Gasteiger partial charge in [-0.25, -0.2) is 0 Å². The highest BCUT2D eigenvalue weighted by Crippen LogP contribution is 2.33. The summed E-state index contributed by atoms with van der Waals surface area (Å²) in [6.45, 7) is 3.99. The van der Waals surface area contributed by atoms with Crippen LogP contribution in [0.5, 0.6) is 0 Å². The largest absolute Gasteiger partial charge is 0.466 e. The van der Waals surface area contributed by atoms with Gasteiger partial charge in [-0.15, -0.1) is 0 Å². The van der Waals surface area contributed by atoms with Crippen LogP contribution < -0.4 is 0 Å². The number of rotatable bonds is 3. The summed E-state index contributed by atoms with van der Waals surface area (Å²) >= 11 is 3.43. The smallest absolute Gasteiger partial charge is 0.310 e. The number of likely N-dealkylation sites (tertiary alicyclic amines) is 1. The lowest BCUT2D eigenvalue weighted by molar-refractivity contribution is -0.147. The minimum absolute atomic E-state index is 0.0453. The van der Waals surface area contributed by atoms with Gasteiger partial charge in [-0.3, -0.25) is 4.79 Å². The molecule has 0 radical (unpaired) electrons. The third-order valence-electron chi connectivity index (χ3n) is 3.39. The molecule has 0 bridgehead atoms. The summed E-state index contributed by atoms with van der Waals surface area (Å²) in [5, 5.41) is 0. The quantitative estimate of drug-likeness (QED) is 0.804. The normalized spacial score (nSPS) is 24.2. The molecule has 0 spiro atoms. The van der Waals surface area contributed by atoms with Crippen molar-refractivity contribution in [2.24, 2.45) is 5.92 Å². The summed E-state index contributed by atoms with van der Waals surface area (Å²) < 4.78 is 6.24. The Labute approximate surface area is 116 Å². The van der Waals surface area contributed by atoms with E-state index in [1.165, 1.54) is 5.56 Å². The van der Waals surface area contributed by atoms with Crippen molar-refractivity contribution in [2.45, 2.75) is 12.8 Å². The van der Waals surface area contributed by atoms with Crippen LogP contribution in [0.4, 0.5) is 0 Å². The summed E-state index contributed by atoms with van der Waals surface area (Å²) in [6.07, 6.45) is 0. The van der Waals surface area contributed by atoms with Crippen LogP contribution in [0.3, 0.4) is 0 Å². The maximum absolute atomic E-state index is 12.0. The molecule has 3 nitrogen and oxygen atoms in total. The Kier molecular flexibility index (Phi) is 4.40. The SMILES string of the molecule is CCOC(=O)[C@H]1CN(C)C[C@@H]1c1ccc(Br)cc1. The fourth-order valence-electron chi connectivity index (χ4n) is 2.54. The highest BCUT2D eigenvalue weighted by molar-refractivity contribution is 9.10. The van der Waals surface area contributed by atoms with Crippen LogP contribution >= 0.6 is 15.9 Å². The van der Waals surface area contributed by atoms with E-state index < -0.39 is 0 Å². The highest BCUT2D eigenvalue weighted by Gasteiger charge is 2.37. The maximum Gasteiger partial charge on any atom is 0.310 e. The standard InChI is InChI=1S/C14H18BrNO2/c1-3-18-14(17)13-9-16(2)8-12(13)10-4-6-11(15)7-5-10/h4-7,12-13H,3,8-9H2,1-2H3/t12-,13+/m1/s1. The molecule has 2 rings (SSSR count). The number of esters is 1. The zero-order chi connectivity index (χ0) is 13.1. The number of halogens is 1. The van der Waals surface area contributed by atoms with E-state index in [9.17, 15) is 4.79 Å². The number of benzene rings is 1. The first-order valence-electron chi connectivity index (χ1n) is 6.22. The van der Waals surface area contributed by atoms with Gasteiger partial charge in [0, 0.05) is 23.5 Å². The van der Waals surface area contributed by atoms with Gasteiger partial charge < -0.3 is 9.64 Å². The fourth-order valence-corrected chi connectivity index (χ4v) is 2.80. The number of carbonyl (C=O) groups is 1. The van der Waals surface area contributed by atoms with E-state index >= 15 is 0 Å². The second-order valence-electron chi connectivity index (χ2n) is 4.74. The van der Waals surface area contributed by atoms with Crippen molar-refractivity contribution in [1.29, 1.82) is 0 Å². The summed E-state index contributed by atoms with van der Waals surface area (Å²) in [5.74, 6) is 0.119. The van der Waals surface area contributed by atoms with Crippen LogP contribution in [0.1, 0.15) is 18.4 Å². The molecule has 1 fully saturated rings. The van der Waals surface area contributed by atoms with Crippen LogP contribution in [-0.4, -0.2) is 37.6 Å². The van der Waals surface area contributed by atoms with E-state index in [1.54, 1.807) is 0 Å².